The van der Waals surface area contributed by atoms with Crippen molar-refractivity contribution in [2.24, 2.45) is 5.92 Å². The predicted octanol–water partition coefficient (Wildman–Crippen LogP) is 3.29. The molecule has 25 heavy (non-hydrogen) atoms. The van der Waals surface area contributed by atoms with E-state index >= 15 is 0 Å². The summed E-state index contributed by atoms with van der Waals surface area (Å²) in [6, 6.07) is 6.97. The molecule has 1 aliphatic carbocycles. The molecule has 0 spiro atoms. The van der Waals surface area contributed by atoms with Crippen molar-refractivity contribution in [3.8, 4) is 0 Å². The van der Waals surface area contributed by atoms with Crippen LogP contribution in [0.3, 0.4) is 0 Å². The molecular formula is C19H28ClN3O2. The third kappa shape index (κ3) is 5.72. The predicted molar refractivity (Wildman–Crippen MR) is 102 cm³/mol. The highest BCUT2D eigenvalue weighted by Gasteiger charge is 2.26. The Balaban J connectivity index is 1.84. The van der Waals surface area contributed by atoms with Crippen molar-refractivity contribution in [3.05, 3.63) is 29.3 Å². The summed E-state index contributed by atoms with van der Waals surface area (Å²) in [6.07, 6.45) is 4.61. The highest BCUT2D eigenvalue weighted by molar-refractivity contribution is 6.33. The van der Waals surface area contributed by atoms with E-state index < -0.39 is 0 Å². The minimum atomic E-state index is -0.369. The number of rotatable bonds is 6. The Hall–Kier alpha value is -1.59. The summed E-state index contributed by atoms with van der Waals surface area (Å²) in [5, 5.41) is 6.42. The van der Waals surface area contributed by atoms with Gasteiger partial charge < -0.3 is 10.6 Å². The second kappa shape index (κ2) is 9.20. The molecule has 0 heterocycles. The molecule has 5 nitrogen and oxygen atoms in total. The molecule has 0 aliphatic heterocycles. The van der Waals surface area contributed by atoms with E-state index in [1.807, 2.05) is 19.1 Å². The monoisotopic (exact) mass is 365 g/mol. The molecule has 1 aromatic carbocycles. The van der Waals surface area contributed by atoms with Crippen LogP contribution in [-0.4, -0.2) is 42.4 Å². The Kier molecular flexibility index (Phi) is 7.26. The largest absolute Gasteiger partial charge is 0.352 e. The van der Waals surface area contributed by atoms with Crippen LogP contribution in [0.15, 0.2) is 24.3 Å². The van der Waals surface area contributed by atoms with E-state index in [0.29, 0.717) is 16.6 Å². The molecule has 0 unspecified atom stereocenters. The summed E-state index contributed by atoms with van der Waals surface area (Å²) >= 11 is 6.05. The van der Waals surface area contributed by atoms with Crippen molar-refractivity contribution < 1.29 is 9.59 Å². The van der Waals surface area contributed by atoms with Crippen LogP contribution in [0.5, 0.6) is 0 Å². The lowest BCUT2D eigenvalue weighted by molar-refractivity contribution is -0.127. The molecule has 0 radical (unpaired) electrons. The zero-order chi connectivity index (χ0) is 18.4. The number of anilines is 1. The second-order valence-corrected chi connectivity index (χ2v) is 7.40. The average molecular weight is 366 g/mol. The Bertz CT molecular complexity index is 608. The summed E-state index contributed by atoms with van der Waals surface area (Å²) < 4.78 is 0. The van der Waals surface area contributed by atoms with Crippen molar-refractivity contribution in [2.45, 2.75) is 51.6 Å². The molecule has 2 rings (SSSR count). The van der Waals surface area contributed by atoms with Gasteiger partial charge in [0.1, 0.15) is 0 Å². The second-order valence-electron chi connectivity index (χ2n) is 7.00. The number of halogens is 1. The summed E-state index contributed by atoms with van der Waals surface area (Å²) in [6.45, 7) is 4.14. The minimum Gasteiger partial charge on any atom is -0.352 e. The van der Waals surface area contributed by atoms with Gasteiger partial charge in [0.25, 0.3) is 0 Å². The normalized spacial score (nSPS) is 21.6. The van der Waals surface area contributed by atoms with Crippen molar-refractivity contribution in [1.29, 1.82) is 0 Å². The van der Waals surface area contributed by atoms with E-state index in [4.69, 9.17) is 11.6 Å². The standard InChI is InChI=1S/C19H28ClN3O2/c1-13-8-4-6-10-16(13)22-19(25)14(2)23(3)12-18(24)21-17-11-7-5-9-15(17)20/h5,7,9,11,13-14,16H,4,6,8,10,12H2,1-3H3,(H,21,24)(H,22,25)/t13-,14-,16+/m1/s1. The Labute approximate surface area is 155 Å². The smallest absolute Gasteiger partial charge is 0.238 e. The van der Waals surface area contributed by atoms with Crippen molar-refractivity contribution in [3.63, 3.8) is 0 Å². The molecule has 2 N–H and O–H groups in total. The summed E-state index contributed by atoms with van der Waals surface area (Å²) in [7, 11) is 1.78. The number of nitrogens with one attached hydrogen (secondary N) is 2. The van der Waals surface area contributed by atoms with Crippen LogP contribution in [0.2, 0.25) is 5.02 Å². The lowest BCUT2D eigenvalue weighted by Gasteiger charge is -2.32. The average Bonchev–Trinajstić information content (AvgIpc) is 2.58. The fourth-order valence-corrected chi connectivity index (χ4v) is 3.33. The highest BCUT2D eigenvalue weighted by Crippen LogP contribution is 2.24. The molecule has 3 atom stereocenters. The fraction of sp³-hybridized carbons (Fsp3) is 0.579. The summed E-state index contributed by atoms with van der Waals surface area (Å²) in [5.41, 5.74) is 0.579. The van der Waals surface area contributed by atoms with E-state index in [9.17, 15) is 9.59 Å². The maximum Gasteiger partial charge on any atom is 0.238 e. The van der Waals surface area contributed by atoms with Gasteiger partial charge >= 0.3 is 0 Å². The number of para-hydroxylation sites is 1. The zero-order valence-corrected chi connectivity index (χ0v) is 16.0. The molecule has 138 valence electrons. The molecule has 0 bridgehead atoms. The molecule has 1 saturated carbocycles. The third-order valence-electron chi connectivity index (χ3n) is 5.02. The maximum absolute atomic E-state index is 12.5. The zero-order valence-electron chi connectivity index (χ0n) is 15.2. The van der Waals surface area contributed by atoms with Gasteiger partial charge in [-0.1, -0.05) is 43.5 Å². The van der Waals surface area contributed by atoms with Gasteiger partial charge in [0.05, 0.1) is 23.3 Å². The molecule has 1 aromatic rings. The number of benzene rings is 1. The van der Waals surface area contributed by atoms with Crippen LogP contribution in [0.4, 0.5) is 5.69 Å². The summed E-state index contributed by atoms with van der Waals surface area (Å²) in [5.74, 6) is 0.298. The number of hydrogen-bond donors (Lipinski definition) is 2. The van der Waals surface area contributed by atoms with Crippen molar-refractivity contribution in [1.82, 2.24) is 10.2 Å². The van der Waals surface area contributed by atoms with E-state index in [0.717, 1.165) is 12.8 Å². The third-order valence-corrected chi connectivity index (χ3v) is 5.35. The molecule has 1 fully saturated rings. The first-order valence-corrected chi connectivity index (χ1v) is 9.31. The van der Waals surface area contributed by atoms with Gasteiger partial charge in [0.15, 0.2) is 0 Å². The number of likely N-dealkylation sites (N-methyl/N-ethyl adjacent to an activating group) is 1. The lowest BCUT2D eigenvalue weighted by atomic mass is 9.86. The Morgan fingerprint density at radius 2 is 1.96 bits per heavy atom. The molecule has 0 saturated heterocycles. The Morgan fingerprint density at radius 3 is 2.64 bits per heavy atom. The minimum absolute atomic E-state index is 0.0215. The highest BCUT2D eigenvalue weighted by atomic mass is 35.5. The maximum atomic E-state index is 12.5. The molecule has 0 aromatic heterocycles. The first-order chi connectivity index (χ1) is 11.9. The van der Waals surface area contributed by atoms with Crippen LogP contribution >= 0.6 is 11.6 Å². The quantitative estimate of drug-likeness (QED) is 0.813. The lowest BCUT2D eigenvalue weighted by Crippen LogP contribution is -2.50. The SMILES string of the molecule is C[C@@H]1CCCC[C@@H]1NC(=O)[C@@H](C)N(C)CC(=O)Nc1ccccc1Cl. The molecule has 2 amide bonds. The van der Waals surface area contributed by atoms with Crippen LogP contribution in [0.1, 0.15) is 39.5 Å². The van der Waals surface area contributed by atoms with Gasteiger partial charge in [-0.15, -0.1) is 0 Å². The number of nitrogens with zero attached hydrogens (tertiary/aromatic N) is 1. The van der Waals surface area contributed by atoms with Gasteiger partial charge in [-0.25, -0.2) is 0 Å². The molecule has 1 aliphatic rings. The van der Waals surface area contributed by atoms with Crippen LogP contribution in [0.25, 0.3) is 0 Å². The van der Waals surface area contributed by atoms with E-state index in [1.54, 1.807) is 24.1 Å². The molecular weight excluding hydrogens is 338 g/mol. The van der Waals surface area contributed by atoms with Crippen molar-refractivity contribution in [2.75, 3.05) is 18.9 Å². The van der Waals surface area contributed by atoms with Crippen LogP contribution in [0, 0.1) is 5.92 Å². The van der Waals surface area contributed by atoms with Gasteiger partial charge in [-0.2, -0.15) is 0 Å². The van der Waals surface area contributed by atoms with E-state index in [2.05, 4.69) is 17.6 Å². The van der Waals surface area contributed by atoms with E-state index in [1.165, 1.54) is 12.8 Å². The van der Waals surface area contributed by atoms with Gasteiger partial charge in [-0.05, 0) is 44.9 Å². The Morgan fingerprint density at radius 1 is 1.28 bits per heavy atom. The topological polar surface area (TPSA) is 61.4 Å². The number of hydrogen-bond acceptors (Lipinski definition) is 3. The number of amides is 2. The number of carbonyl (C=O) groups excluding carboxylic acids is 2. The first kappa shape index (κ1) is 19.7. The summed E-state index contributed by atoms with van der Waals surface area (Å²) in [4.78, 5) is 26.4. The first-order valence-electron chi connectivity index (χ1n) is 8.93. The van der Waals surface area contributed by atoms with Gasteiger partial charge in [0.2, 0.25) is 11.8 Å². The van der Waals surface area contributed by atoms with Gasteiger partial charge in [-0.3, -0.25) is 14.5 Å². The van der Waals surface area contributed by atoms with Crippen LogP contribution < -0.4 is 10.6 Å². The van der Waals surface area contributed by atoms with Gasteiger partial charge in [0, 0.05) is 6.04 Å². The molecule has 6 heteroatoms. The van der Waals surface area contributed by atoms with Crippen molar-refractivity contribution >= 4 is 29.1 Å². The van der Waals surface area contributed by atoms with E-state index in [-0.39, 0.29) is 30.4 Å². The van der Waals surface area contributed by atoms with Crippen LogP contribution in [-0.2, 0) is 9.59 Å². The number of carbonyl (C=O) groups is 2. The fourth-order valence-electron chi connectivity index (χ4n) is 3.15.